The van der Waals surface area contributed by atoms with Crippen LogP contribution in [0.25, 0.3) is 0 Å². The van der Waals surface area contributed by atoms with Gasteiger partial charge in [-0.05, 0) is 25.0 Å². The van der Waals surface area contributed by atoms with Gasteiger partial charge in [-0.25, -0.2) is 4.57 Å². The number of ether oxygens (including phenoxy) is 2. The first-order valence-electron chi connectivity index (χ1n) is 15.5. The molecule has 0 amide bonds. The molecule has 0 saturated carbocycles. The predicted molar refractivity (Wildman–Crippen MR) is 160 cm³/mol. The lowest BCUT2D eigenvalue weighted by Gasteiger charge is -2.16. The fraction of sp³-hybridized carbons (Fsp3) is 0.933. The van der Waals surface area contributed by atoms with E-state index in [1.165, 1.54) is 96.3 Å². The van der Waals surface area contributed by atoms with Crippen LogP contribution in [-0.2, 0) is 28.2 Å². The van der Waals surface area contributed by atoms with E-state index in [1.54, 1.807) is 0 Å². The molecule has 0 N–H and O–H groups in total. The minimum atomic E-state index is -0.730. The zero-order valence-corrected chi connectivity index (χ0v) is 26.1. The molecule has 0 radical (unpaired) electrons. The number of esters is 2. The van der Waals surface area contributed by atoms with E-state index in [9.17, 15) is 14.2 Å². The van der Waals surface area contributed by atoms with Crippen LogP contribution in [0.15, 0.2) is 0 Å². The first-order chi connectivity index (χ1) is 18.6. The Bertz CT molecular complexity index is 549. The Balaban J connectivity index is 3.78. The van der Waals surface area contributed by atoms with Gasteiger partial charge >= 0.3 is 20.6 Å². The number of thiol groups is 1. The molecule has 0 aromatic carbocycles. The summed E-state index contributed by atoms with van der Waals surface area (Å²) in [5.41, 5.74) is 0. The molecule has 1 atom stereocenters. The minimum absolute atomic E-state index is 0.0596. The van der Waals surface area contributed by atoms with Crippen molar-refractivity contribution in [3.05, 3.63) is 0 Å². The average molecular weight is 577 g/mol. The van der Waals surface area contributed by atoms with Crippen LogP contribution in [0.5, 0.6) is 0 Å². The molecule has 0 heterocycles. The van der Waals surface area contributed by atoms with Crippen LogP contribution in [0.3, 0.4) is 0 Å². The number of hydrogen-bond donors (Lipinski definition) is 1. The highest BCUT2D eigenvalue weighted by molar-refractivity contribution is 7.80. The smallest absolute Gasteiger partial charge is 0.327 e. The molecule has 0 saturated heterocycles. The molecule has 224 valence electrons. The standard InChI is InChI=1S/C30H57O6PS/c1-2-3-4-5-6-7-8-9-10-11-15-18-21-24-30(32)36-28(27-35-37-33)26-34-29(31)23-20-17-14-12-13-16-19-22-25-38/h28,38H,2-27H2,1H3/t28-/m1/s1. The van der Waals surface area contributed by atoms with Crippen LogP contribution in [-0.4, -0.2) is 37.0 Å². The summed E-state index contributed by atoms with van der Waals surface area (Å²) in [5.74, 6) is 0.343. The van der Waals surface area contributed by atoms with Crippen molar-refractivity contribution in [2.75, 3.05) is 19.0 Å². The molecule has 0 rings (SSSR count). The molecule has 8 heteroatoms. The highest BCUT2D eigenvalue weighted by Gasteiger charge is 2.17. The predicted octanol–water partition coefficient (Wildman–Crippen LogP) is 9.59. The zero-order valence-electron chi connectivity index (χ0n) is 24.3. The molecule has 6 nitrogen and oxygen atoms in total. The Kier molecular flexibility index (Phi) is 30.4. The van der Waals surface area contributed by atoms with Gasteiger partial charge in [0.05, 0.1) is 0 Å². The van der Waals surface area contributed by atoms with Gasteiger partial charge in [-0.2, -0.15) is 12.6 Å². The second-order valence-electron chi connectivity index (χ2n) is 10.5. The first-order valence-corrected chi connectivity index (χ1v) is 16.9. The average Bonchev–Trinajstić information content (AvgIpc) is 2.91. The molecule has 0 aromatic heterocycles. The minimum Gasteiger partial charge on any atom is -0.462 e. The van der Waals surface area contributed by atoms with Crippen LogP contribution >= 0.6 is 21.3 Å². The SMILES string of the molecule is CCCCCCCCCCCCCCCC(=O)O[C@@H](COP=O)COC(=O)CCCCCCCCCCS. The van der Waals surface area contributed by atoms with Crippen LogP contribution in [0.2, 0.25) is 0 Å². The fourth-order valence-electron chi connectivity index (χ4n) is 4.46. The maximum Gasteiger partial charge on any atom is 0.327 e. The van der Waals surface area contributed by atoms with Crippen LogP contribution in [0, 0.1) is 0 Å². The van der Waals surface area contributed by atoms with Crippen molar-refractivity contribution in [2.24, 2.45) is 0 Å². The summed E-state index contributed by atoms with van der Waals surface area (Å²) < 4.78 is 26.2. The second kappa shape index (κ2) is 30.9. The van der Waals surface area contributed by atoms with E-state index in [2.05, 4.69) is 19.6 Å². The van der Waals surface area contributed by atoms with Gasteiger partial charge < -0.3 is 9.47 Å². The van der Waals surface area contributed by atoms with Crippen molar-refractivity contribution >= 4 is 33.3 Å². The number of unbranched alkanes of at least 4 members (excludes halogenated alkanes) is 19. The van der Waals surface area contributed by atoms with Gasteiger partial charge in [0.2, 0.25) is 0 Å². The molecule has 38 heavy (non-hydrogen) atoms. The van der Waals surface area contributed by atoms with Crippen molar-refractivity contribution in [3.63, 3.8) is 0 Å². The highest BCUT2D eigenvalue weighted by Crippen LogP contribution is 2.14. The normalized spacial score (nSPS) is 12.1. The molecule has 0 spiro atoms. The number of carbonyl (C=O) groups excluding carboxylic acids is 2. The monoisotopic (exact) mass is 576 g/mol. The summed E-state index contributed by atoms with van der Waals surface area (Å²) >= 11 is 4.23. The lowest BCUT2D eigenvalue weighted by Crippen LogP contribution is -2.28. The summed E-state index contributed by atoms with van der Waals surface area (Å²) in [4.78, 5) is 24.3. The Morgan fingerprint density at radius 2 is 1.03 bits per heavy atom. The van der Waals surface area contributed by atoms with Crippen LogP contribution in [0.1, 0.15) is 155 Å². The van der Waals surface area contributed by atoms with Crippen molar-refractivity contribution in [2.45, 2.75) is 161 Å². The molecule has 0 fully saturated rings. The maximum atomic E-state index is 12.2. The molecule has 0 aliphatic rings. The fourth-order valence-corrected chi connectivity index (χ4v) is 4.91. The summed E-state index contributed by atoms with van der Waals surface area (Å²) in [6.45, 7) is 2.13. The van der Waals surface area contributed by atoms with E-state index < -0.39 is 14.8 Å². The van der Waals surface area contributed by atoms with Crippen LogP contribution < -0.4 is 0 Å². The topological polar surface area (TPSA) is 78.9 Å². The van der Waals surface area contributed by atoms with Crippen molar-refractivity contribution in [1.82, 2.24) is 0 Å². The van der Waals surface area contributed by atoms with E-state index in [4.69, 9.17) is 14.0 Å². The first kappa shape index (κ1) is 37.4. The third-order valence-corrected chi connectivity index (χ3v) is 7.39. The number of rotatable bonds is 30. The maximum absolute atomic E-state index is 12.2. The van der Waals surface area contributed by atoms with Crippen LogP contribution in [0.4, 0.5) is 0 Å². The van der Waals surface area contributed by atoms with Gasteiger partial charge in [-0.1, -0.05) is 122 Å². The largest absolute Gasteiger partial charge is 0.462 e. The lowest BCUT2D eigenvalue weighted by molar-refractivity contribution is -0.160. The summed E-state index contributed by atoms with van der Waals surface area (Å²) in [7, 11) is -0.485. The van der Waals surface area contributed by atoms with Gasteiger partial charge in [-0.15, -0.1) is 0 Å². The number of carbonyl (C=O) groups is 2. The van der Waals surface area contributed by atoms with Gasteiger partial charge in [0, 0.05) is 12.8 Å². The molecule has 0 aliphatic heterocycles. The quantitative estimate of drug-likeness (QED) is 0.0397. The third kappa shape index (κ3) is 28.4. The summed E-state index contributed by atoms with van der Waals surface area (Å²) in [6, 6.07) is 0. The third-order valence-electron chi connectivity index (χ3n) is 6.81. The number of hydrogen-bond acceptors (Lipinski definition) is 7. The molecular formula is C30H57O6PS. The Morgan fingerprint density at radius 1 is 0.605 bits per heavy atom. The van der Waals surface area contributed by atoms with E-state index >= 15 is 0 Å². The zero-order chi connectivity index (χ0) is 27.9. The van der Waals surface area contributed by atoms with Crippen molar-refractivity contribution < 1.29 is 28.2 Å². The second-order valence-corrected chi connectivity index (χ2v) is 11.3. The van der Waals surface area contributed by atoms with Crippen molar-refractivity contribution in [3.8, 4) is 0 Å². The summed E-state index contributed by atoms with van der Waals surface area (Å²) in [6.07, 6.45) is 25.3. The Labute approximate surface area is 240 Å². The van der Waals surface area contributed by atoms with E-state index in [0.717, 1.165) is 44.3 Å². The van der Waals surface area contributed by atoms with E-state index in [-0.39, 0.29) is 25.2 Å². The van der Waals surface area contributed by atoms with Crippen molar-refractivity contribution in [1.29, 1.82) is 0 Å². The van der Waals surface area contributed by atoms with E-state index in [0.29, 0.717) is 12.8 Å². The lowest BCUT2D eigenvalue weighted by atomic mass is 10.0. The Hall–Kier alpha value is -0.650. The molecular weight excluding hydrogens is 519 g/mol. The van der Waals surface area contributed by atoms with Gasteiger partial charge in [0.25, 0.3) is 0 Å². The molecule has 0 aromatic rings. The molecule has 0 bridgehead atoms. The molecule has 0 aliphatic carbocycles. The van der Waals surface area contributed by atoms with Gasteiger partial charge in [0.15, 0.2) is 6.10 Å². The summed E-state index contributed by atoms with van der Waals surface area (Å²) in [5, 5.41) is 0. The highest BCUT2D eigenvalue weighted by atomic mass is 32.1. The van der Waals surface area contributed by atoms with Gasteiger partial charge in [0.1, 0.15) is 13.2 Å². The molecule has 0 unspecified atom stereocenters. The Morgan fingerprint density at radius 3 is 1.47 bits per heavy atom. The van der Waals surface area contributed by atoms with Gasteiger partial charge in [-0.3, -0.25) is 14.1 Å². The van der Waals surface area contributed by atoms with E-state index in [1.807, 2.05) is 0 Å².